The van der Waals surface area contributed by atoms with Crippen LogP contribution in [0, 0.1) is 6.92 Å². The highest BCUT2D eigenvalue weighted by atomic mass is 35.5. The first kappa shape index (κ1) is 16.1. The fraction of sp³-hybridized carbons (Fsp3) is 0.727. The number of aliphatic hydroxyl groups excluding tert-OH is 1. The number of likely N-dealkylation sites (N-methyl/N-ethyl adjacent to an activating group) is 1. The lowest BCUT2D eigenvalue weighted by Crippen LogP contribution is -2.41. The van der Waals surface area contributed by atoms with Crippen LogP contribution in [-0.2, 0) is 10.0 Å². The molecule has 1 fully saturated rings. The highest BCUT2D eigenvalue weighted by Gasteiger charge is 2.41. The molecule has 0 aromatic carbocycles. The van der Waals surface area contributed by atoms with Crippen molar-refractivity contribution < 1.29 is 13.5 Å². The van der Waals surface area contributed by atoms with Gasteiger partial charge in [-0.15, -0.1) is 0 Å². The Bertz CT molecular complexity index is 588. The standard InChI is InChI=1S/C11H18ClN3O3S2/c1-7-10(19-11(12)13-7)20(17,18)15-6-9(16)4-8(15)5-14(2)3/h8-9,16H,4-6H2,1-3H3. The maximum absolute atomic E-state index is 12.7. The lowest BCUT2D eigenvalue weighted by molar-refractivity contribution is 0.188. The molecule has 0 saturated carbocycles. The van der Waals surface area contributed by atoms with Crippen molar-refractivity contribution in [1.29, 1.82) is 0 Å². The van der Waals surface area contributed by atoms with Crippen LogP contribution >= 0.6 is 22.9 Å². The first-order valence-corrected chi connectivity index (χ1v) is 8.83. The van der Waals surface area contributed by atoms with Crippen LogP contribution in [0.2, 0.25) is 4.47 Å². The van der Waals surface area contributed by atoms with Crippen LogP contribution in [-0.4, -0.2) is 67.0 Å². The lowest BCUT2D eigenvalue weighted by Gasteiger charge is -2.25. The molecule has 6 nitrogen and oxygen atoms in total. The van der Waals surface area contributed by atoms with Gasteiger partial charge in [0.25, 0.3) is 10.0 Å². The summed E-state index contributed by atoms with van der Waals surface area (Å²) in [5.74, 6) is 0. The lowest BCUT2D eigenvalue weighted by atomic mass is 10.2. The summed E-state index contributed by atoms with van der Waals surface area (Å²) in [4.78, 5) is 5.87. The Morgan fingerprint density at radius 2 is 2.20 bits per heavy atom. The number of β-amino-alcohol motifs (C(OH)–C–C–N with tert-alkyl or cyclic N) is 1. The second-order valence-electron chi connectivity index (χ2n) is 5.22. The van der Waals surface area contributed by atoms with Crippen LogP contribution in [0.15, 0.2) is 4.21 Å². The Morgan fingerprint density at radius 3 is 2.70 bits per heavy atom. The molecule has 2 atom stereocenters. The number of thiazole rings is 1. The number of halogens is 1. The van der Waals surface area contributed by atoms with E-state index in [1.165, 1.54) is 4.31 Å². The predicted octanol–water partition coefficient (Wildman–Crippen LogP) is 0.790. The van der Waals surface area contributed by atoms with Crippen molar-refractivity contribution >= 4 is 33.0 Å². The molecule has 114 valence electrons. The minimum atomic E-state index is -3.66. The van der Waals surface area contributed by atoms with E-state index < -0.39 is 16.1 Å². The van der Waals surface area contributed by atoms with Gasteiger partial charge in [0.2, 0.25) is 0 Å². The van der Waals surface area contributed by atoms with Crippen molar-refractivity contribution in [2.24, 2.45) is 0 Å². The number of sulfonamides is 1. The van der Waals surface area contributed by atoms with E-state index in [0.717, 1.165) is 11.3 Å². The van der Waals surface area contributed by atoms with Crippen LogP contribution in [0.1, 0.15) is 12.1 Å². The van der Waals surface area contributed by atoms with Gasteiger partial charge in [-0.25, -0.2) is 13.4 Å². The number of hydrogen-bond donors (Lipinski definition) is 1. The maximum Gasteiger partial charge on any atom is 0.254 e. The zero-order valence-electron chi connectivity index (χ0n) is 11.6. The Labute approximate surface area is 128 Å². The summed E-state index contributed by atoms with van der Waals surface area (Å²) in [7, 11) is 0.101. The molecule has 20 heavy (non-hydrogen) atoms. The van der Waals surface area contributed by atoms with Gasteiger partial charge in [-0.3, -0.25) is 0 Å². The van der Waals surface area contributed by atoms with Gasteiger partial charge in [-0.2, -0.15) is 4.31 Å². The van der Waals surface area contributed by atoms with E-state index in [9.17, 15) is 13.5 Å². The van der Waals surface area contributed by atoms with E-state index >= 15 is 0 Å². The van der Waals surface area contributed by atoms with E-state index in [0.29, 0.717) is 18.7 Å². The van der Waals surface area contributed by atoms with Crippen molar-refractivity contribution in [2.75, 3.05) is 27.2 Å². The molecule has 1 aromatic heterocycles. The Morgan fingerprint density at radius 1 is 1.55 bits per heavy atom. The van der Waals surface area contributed by atoms with Gasteiger partial charge in [0.05, 0.1) is 11.8 Å². The highest BCUT2D eigenvalue weighted by Crippen LogP contribution is 2.33. The topological polar surface area (TPSA) is 73.7 Å². The average molecular weight is 340 g/mol. The molecule has 9 heteroatoms. The fourth-order valence-electron chi connectivity index (χ4n) is 2.44. The largest absolute Gasteiger partial charge is 0.392 e. The van der Waals surface area contributed by atoms with E-state index in [1.807, 2.05) is 19.0 Å². The molecule has 1 N–H and O–H groups in total. The van der Waals surface area contributed by atoms with Gasteiger partial charge in [-0.1, -0.05) is 22.9 Å². The van der Waals surface area contributed by atoms with Crippen molar-refractivity contribution in [3.05, 3.63) is 10.2 Å². The second-order valence-corrected chi connectivity index (χ2v) is 8.89. The maximum atomic E-state index is 12.7. The minimum absolute atomic E-state index is 0.121. The molecular formula is C11H18ClN3O3S2. The molecular weight excluding hydrogens is 322 g/mol. The van der Waals surface area contributed by atoms with Crippen LogP contribution < -0.4 is 0 Å². The van der Waals surface area contributed by atoms with E-state index in [-0.39, 0.29) is 21.3 Å². The number of aryl methyl sites for hydroxylation is 1. The zero-order valence-corrected chi connectivity index (χ0v) is 14.0. The average Bonchev–Trinajstić information content (AvgIpc) is 2.81. The van der Waals surface area contributed by atoms with Crippen molar-refractivity contribution in [3.63, 3.8) is 0 Å². The Hall–Kier alpha value is -0.250. The number of hydrogen-bond acceptors (Lipinski definition) is 6. The third kappa shape index (κ3) is 3.15. The van der Waals surface area contributed by atoms with Crippen molar-refractivity contribution in [2.45, 2.75) is 29.7 Å². The number of nitrogens with zero attached hydrogens (tertiary/aromatic N) is 3. The van der Waals surface area contributed by atoms with Gasteiger partial charge in [0.15, 0.2) is 8.68 Å². The number of aromatic nitrogens is 1. The predicted molar refractivity (Wildman–Crippen MR) is 78.7 cm³/mol. The third-order valence-electron chi connectivity index (χ3n) is 3.19. The molecule has 2 heterocycles. The first-order chi connectivity index (χ1) is 9.21. The van der Waals surface area contributed by atoms with E-state index in [4.69, 9.17) is 11.6 Å². The number of rotatable bonds is 4. The molecule has 2 unspecified atom stereocenters. The van der Waals surface area contributed by atoms with Crippen LogP contribution in [0.25, 0.3) is 0 Å². The molecule has 1 aliphatic heterocycles. The smallest absolute Gasteiger partial charge is 0.254 e. The van der Waals surface area contributed by atoms with E-state index in [2.05, 4.69) is 4.98 Å². The summed E-state index contributed by atoms with van der Waals surface area (Å²) < 4.78 is 27.2. The molecule has 0 amide bonds. The molecule has 0 aliphatic carbocycles. The molecule has 1 aromatic rings. The Balaban J connectivity index is 2.34. The molecule has 0 radical (unpaired) electrons. The first-order valence-electron chi connectivity index (χ1n) is 6.19. The second kappa shape index (κ2) is 5.86. The third-order valence-corrected chi connectivity index (χ3v) is 6.96. The summed E-state index contributed by atoms with van der Waals surface area (Å²) in [6.07, 6.45) is -0.179. The number of aliphatic hydroxyl groups is 1. The van der Waals surface area contributed by atoms with E-state index in [1.54, 1.807) is 6.92 Å². The molecule has 1 aliphatic rings. The quantitative estimate of drug-likeness (QED) is 0.878. The van der Waals surface area contributed by atoms with Crippen LogP contribution in [0.3, 0.4) is 0 Å². The zero-order chi connectivity index (χ0) is 15.1. The fourth-order valence-corrected chi connectivity index (χ4v) is 5.96. The van der Waals surface area contributed by atoms with Gasteiger partial charge < -0.3 is 10.0 Å². The summed E-state index contributed by atoms with van der Waals surface area (Å²) in [6.45, 7) is 2.32. The summed E-state index contributed by atoms with van der Waals surface area (Å²) in [6, 6.07) is -0.231. The van der Waals surface area contributed by atoms with Crippen LogP contribution in [0.5, 0.6) is 0 Å². The molecule has 0 bridgehead atoms. The van der Waals surface area contributed by atoms with Gasteiger partial charge >= 0.3 is 0 Å². The normalized spacial score (nSPS) is 24.7. The summed E-state index contributed by atoms with van der Waals surface area (Å²) in [5, 5.41) is 9.80. The van der Waals surface area contributed by atoms with Crippen LogP contribution in [0.4, 0.5) is 0 Å². The molecule has 1 saturated heterocycles. The highest BCUT2D eigenvalue weighted by molar-refractivity contribution is 7.91. The molecule has 0 spiro atoms. The van der Waals surface area contributed by atoms with Gasteiger partial charge in [0, 0.05) is 19.1 Å². The summed E-state index contributed by atoms with van der Waals surface area (Å²) >= 11 is 6.75. The minimum Gasteiger partial charge on any atom is -0.392 e. The van der Waals surface area contributed by atoms with Crippen molar-refractivity contribution in [1.82, 2.24) is 14.2 Å². The molecule has 2 rings (SSSR count). The van der Waals surface area contributed by atoms with Gasteiger partial charge in [-0.05, 0) is 27.4 Å². The SMILES string of the molecule is Cc1nc(Cl)sc1S(=O)(=O)N1CC(O)CC1CN(C)C. The Kier molecular flexibility index (Phi) is 4.73. The van der Waals surface area contributed by atoms with Crippen molar-refractivity contribution in [3.8, 4) is 0 Å². The van der Waals surface area contributed by atoms with Gasteiger partial charge in [0.1, 0.15) is 0 Å². The summed E-state index contributed by atoms with van der Waals surface area (Å²) in [5.41, 5.74) is 0.407. The monoisotopic (exact) mass is 339 g/mol.